The largest absolute Gasteiger partial charge is 0.298 e. The zero-order chi connectivity index (χ0) is 18.8. The Bertz CT molecular complexity index is 962. The fourth-order valence-corrected chi connectivity index (χ4v) is 3.49. The molecule has 0 bridgehead atoms. The molecular weight excluding hydrogens is 345 g/mol. The molecule has 0 spiro atoms. The number of fused-ring (bicyclic) bond motifs is 1. The third-order valence-electron chi connectivity index (χ3n) is 4.97. The highest BCUT2D eigenvalue weighted by molar-refractivity contribution is 5.88. The molecule has 3 heterocycles. The quantitative estimate of drug-likeness (QED) is 0.694. The van der Waals surface area contributed by atoms with Crippen molar-refractivity contribution >= 4 is 16.6 Å². The normalized spacial score (nSPS) is 16.1. The van der Waals surface area contributed by atoms with Gasteiger partial charge in [0.25, 0.3) is 0 Å². The molecule has 0 radical (unpaired) electrons. The Balaban J connectivity index is 1.48. The van der Waals surface area contributed by atoms with Crippen LogP contribution in [0.4, 0.5) is 4.39 Å². The number of piperidine rings is 1. The molecule has 0 amide bonds. The predicted octanol–water partition coefficient (Wildman–Crippen LogP) is 2.58. The molecule has 0 N–H and O–H groups in total. The number of likely N-dealkylation sites (tertiary alicyclic amines) is 1. The maximum atomic E-state index is 13.2. The minimum atomic E-state index is -0.720. The number of rotatable bonds is 5. The van der Waals surface area contributed by atoms with Crippen molar-refractivity contribution in [2.24, 2.45) is 7.05 Å². The Hall–Kier alpha value is -2.67. The third-order valence-corrected chi connectivity index (χ3v) is 4.97. The molecule has 27 heavy (non-hydrogen) atoms. The lowest BCUT2D eigenvalue weighted by atomic mass is 10.0. The van der Waals surface area contributed by atoms with Crippen LogP contribution in [0.5, 0.6) is 0 Å². The highest BCUT2D eigenvalue weighted by Gasteiger charge is 2.20. The van der Waals surface area contributed by atoms with E-state index in [1.165, 1.54) is 0 Å². The Morgan fingerprint density at radius 2 is 2.04 bits per heavy atom. The fraction of sp³-hybridized carbons (Fsp3) is 0.400. The smallest absolute Gasteiger partial charge is 0.152 e. The lowest BCUT2D eigenvalue weighted by Gasteiger charge is -2.27. The van der Waals surface area contributed by atoms with E-state index in [0.717, 1.165) is 27.7 Å². The SMILES string of the molecule is Cn1cc(-c2ccc3cnc(CC(=O)CN4CCC(F)CC4)cc3c2)nn1. The number of nitrogens with zero attached hydrogens (tertiary/aromatic N) is 5. The van der Waals surface area contributed by atoms with Gasteiger partial charge in [-0.1, -0.05) is 17.3 Å². The molecule has 1 aromatic carbocycles. The number of Topliss-reactive ketones (excluding diaryl/α,β-unsaturated/α-hetero) is 1. The van der Waals surface area contributed by atoms with E-state index in [1.807, 2.05) is 42.4 Å². The van der Waals surface area contributed by atoms with E-state index in [2.05, 4.69) is 15.3 Å². The number of hydrogen-bond acceptors (Lipinski definition) is 5. The third kappa shape index (κ3) is 4.19. The second-order valence-corrected chi connectivity index (χ2v) is 7.18. The topological polar surface area (TPSA) is 63.9 Å². The molecule has 1 saturated heterocycles. The van der Waals surface area contributed by atoms with Gasteiger partial charge in [0.15, 0.2) is 5.78 Å². The molecule has 1 aliphatic rings. The molecule has 2 aromatic heterocycles. The molecule has 4 rings (SSSR count). The van der Waals surface area contributed by atoms with Crippen LogP contribution in [-0.2, 0) is 18.3 Å². The Kier molecular flexibility index (Phi) is 4.94. The highest BCUT2D eigenvalue weighted by Crippen LogP contribution is 2.23. The van der Waals surface area contributed by atoms with Gasteiger partial charge in [0, 0.05) is 43.0 Å². The van der Waals surface area contributed by atoms with Crippen LogP contribution >= 0.6 is 0 Å². The van der Waals surface area contributed by atoms with Gasteiger partial charge < -0.3 is 0 Å². The first kappa shape index (κ1) is 17.7. The number of aromatic nitrogens is 4. The van der Waals surface area contributed by atoms with Crippen LogP contribution in [0.2, 0.25) is 0 Å². The van der Waals surface area contributed by atoms with Gasteiger partial charge in [-0.25, -0.2) is 4.39 Å². The molecule has 0 atom stereocenters. The second-order valence-electron chi connectivity index (χ2n) is 7.18. The summed E-state index contributed by atoms with van der Waals surface area (Å²) in [5, 5.41) is 10.2. The molecule has 3 aromatic rings. The summed E-state index contributed by atoms with van der Waals surface area (Å²) in [6.07, 6.45) is 4.28. The molecule has 140 valence electrons. The average Bonchev–Trinajstić information content (AvgIpc) is 3.09. The number of carbonyl (C=O) groups excluding carboxylic acids is 1. The van der Waals surface area contributed by atoms with Crippen molar-refractivity contribution < 1.29 is 9.18 Å². The zero-order valence-electron chi connectivity index (χ0n) is 15.3. The summed E-state index contributed by atoms with van der Waals surface area (Å²) in [6, 6.07) is 7.99. The van der Waals surface area contributed by atoms with Crippen LogP contribution in [0.25, 0.3) is 22.0 Å². The van der Waals surface area contributed by atoms with E-state index in [0.29, 0.717) is 38.9 Å². The highest BCUT2D eigenvalue weighted by atomic mass is 19.1. The van der Waals surface area contributed by atoms with Crippen LogP contribution in [0.1, 0.15) is 18.5 Å². The number of halogens is 1. The number of ketones is 1. The molecule has 0 saturated carbocycles. The summed E-state index contributed by atoms with van der Waals surface area (Å²) >= 11 is 0. The average molecular weight is 367 g/mol. The zero-order valence-corrected chi connectivity index (χ0v) is 15.3. The summed E-state index contributed by atoms with van der Waals surface area (Å²) < 4.78 is 14.9. The summed E-state index contributed by atoms with van der Waals surface area (Å²) in [7, 11) is 1.83. The van der Waals surface area contributed by atoms with Crippen LogP contribution in [0, 0.1) is 0 Å². The van der Waals surface area contributed by atoms with Crippen molar-refractivity contribution in [3.8, 4) is 11.3 Å². The lowest BCUT2D eigenvalue weighted by molar-refractivity contribution is -0.120. The Labute approximate surface area is 157 Å². The fourth-order valence-electron chi connectivity index (χ4n) is 3.49. The monoisotopic (exact) mass is 367 g/mol. The molecule has 7 heteroatoms. The number of alkyl halides is 1. The first-order valence-corrected chi connectivity index (χ1v) is 9.20. The van der Waals surface area contributed by atoms with E-state index >= 15 is 0 Å². The van der Waals surface area contributed by atoms with E-state index in [4.69, 9.17) is 0 Å². The minimum Gasteiger partial charge on any atom is -0.298 e. The maximum Gasteiger partial charge on any atom is 0.152 e. The number of aryl methyl sites for hydroxylation is 1. The van der Waals surface area contributed by atoms with Crippen molar-refractivity contribution in [1.82, 2.24) is 24.9 Å². The first-order chi connectivity index (χ1) is 13.1. The summed E-state index contributed by atoms with van der Waals surface area (Å²) in [5.74, 6) is 0.115. The molecule has 6 nitrogen and oxygen atoms in total. The first-order valence-electron chi connectivity index (χ1n) is 9.20. The van der Waals surface area contributed by atoms with E-state index in [1.54, 1.807) is 10.9 Å². The van der Waals surface area contributed by atoms with E-state index in [9.17, 15) is 9.18 Å². The standard InChI is InChI=1S/C20H22FN5O/c1-25-13-20(23-24-25)14-2-3-15-11-22-18(9-16(15)8-14)10-19(27)12-26-6-4-17(21)5-7-26/h2-3,8-9,11,13,17H,4-7,10,12H2,1H3. The predicted molar refractivity (Wildman–Crippen MR) is 101 cm³/mol. The van der Waals surface area contributed by atoms with Crippen molar-refractivity contribution in [3.63, 3.8) is 0 Å². The molecule has 0 aliphatic carbocycles. The molecule has 1 fully saturated rings. The number of benzene rings is 1. The number of carbonyl (C=O) groups is 1. The van der Waals surface area contributed by atoms with Gasteiger partial charge in [-0.15, -0.1) is 5.10 Å². The summed E-state index contributed by atoms with van der Waals surface area (Å²) in [4.78, 5) is 18.9. The van der Waals surface area contributed by atoms with Crippen molar-refractivity contribution in [2.45, 2.75) is 25.4 Å². The van der Waals surface area contributed by atoms with Gasteiger partial charge >= 0.3 is 0 Å². The number of hydrogen-bond donors (Lipinski definition) is 0. The van der Waals surface area contributed by atoms with E-state index in [-0.39, 0.29) is 5.78 Å². The van der Waals surface area contributed by atoms with Crippen LogP contribution in [0.15, 0.2) is 36.7 Å². The van der Waals surface area contributed by atoms with Gasteiger partial charge in [0.05, 0.1) is 19.2 Å². The van der Waals surface area contributed by atoms with Crippen LogP contribution in [-0.4, -0.2) is 56.5 Å². The lowest BCUT2D eigenvalue weighted by Crippen LogP contribution is -2.38. The summed E-state index contributed by atoms with van der Waals surface area (Å²) in [5.41, 5.74) is 2.54. The summed E-state index contributed by atoms with van der Waals surface area (Å²) in [6.45, 7) is 1.67. The maximum absolute atomic E-state index is 13.2. The van der Waals surface area contributed by atoms with Gasteiger partial charge in [-0.2, -0.15) is 0 Å². The van der Waals surface area contributed by atoms with Crippen LogP contribution in [0.3, 0.4) is 0 Å². The Morgan fingerprint density at radius 3 is 2.78 bits per heavy atom. The van der Waals surface area contributed by atoms with Gasteiger partial charge in [-0.3, -0.25) is 19.4 Å². The molecular formula is C20H22FN5O. The Morgan fingerprint density at radius 1 is 1.22 bits per heavy atom. The van der Waals surface area contributed by atoms with Crippen molar-refractivity contribution in [2.75, 3.05) is 19.6 Å². The second kappa shape index (κ2) is 7.52. The minimum absolute atomic E-state index is 0.115. The van der Waals surface area contributed by atoms with Crippen molar-refractivity contribution in [3.05, 3.63) is 42.4 Å². The van der Waals surface area contributed by atoms with Gasteiger partial charge in [0.1, 0.15) is 11.9 Å². The van der Waals surface area contributed by atoms with Crippen molar-refractivity contribution in [1.29, 1.82) is 0 Å². The van der Waals surface area contributed by atoms with E-state index < -0.39 is 6.17 Å². The molecule has 1 aliphatic heterocycles. The van der Waals surface area contributed by atoms with Crippen LogP contribution < -0.4 is 0 Å². The molecule has 0 unspecified atom stereocenters. The van der Waals surface area contributed by atoms with Gasteiger partial charge in [0.2, 0.25) is 0 Å². The number of pyridine rings is 1. The van der Waals surface area contributed by atoms with Gasteiger partial charge in [-0.05, 0) is 30.4 Å².